The van der Waals surface area contributed by atoms with Gasteiger partial charge in [-0.2, -0.15) is 4.31 Å². The van der Waals surface area contributed by atoms with Crippen LogP contribution in [0.25, 0.3) is 0 Å². The SMILES string of the molecule is COC(=O)[C@H](C)OC(=O)c1ccc(OC)c(S(=O)(=O)N2CCCC[C@H]2C)c1. The second-order valence-corrected chi connectivity index (χ2v) is 8.26. The van der Waals surface area contributed by atoms with Gasteiger partial charge in [0.25, 0.3) is 0 Å². The van der Waals surface area contributed by atoms with Gasteiger partial charge in [0, 0.05) is 12.6 Å². The van der Waals surface area contributed by atoms with Crippen LogP contribution < -0.4 is 4.74 Å². The highest BCUT2D eigenvalue weighted by Gasteiger charge is 2.34. The molecule has 0 aromatic heterocycles. The molecular formula is C18H25NO7S. The molecule has 1 aliphatic rings. The van der Waals surface area contributed by atoms with Gasteiger partial charge in [-0.25, -0.2) is 18.0 Å². The number of esters is 2. The lowest BCUT2D eigenvalue weighted by atomic mass is 10.1. The normalized spacial score (nSPS) is 19.2. The second kappa shape index (κ2) is 8.71. The Hall–Kier alpha value is -2.13. The van der Waals surface area contributed by atoms with Crippen molar-refractivity contribution in [3.63, 3.8) is 0 Å². The summed E-state index contributed by atoms with van der Waals surface area (Å²) in [6, 6.07) is 3.88. The number of ether oxygens (including phenoxy) is 3. The Morgan fingerprint density at radius 1 is 1.22 bits per heavy atom. The Morgan fingerprint density at radius 3 is 2.52 bits per heavy atom. The molecule has 0 unspecified atom stereocenters. The zero-order valence-electron chi connectivity index (χ0n) is 15.9. The van der Waals surface area contributed by atoms with Crippen molar-refractivity contribution >= 4 is 22.0 Å². The zero-order chi connectivity index (χ0) is 20.2. The van der Waals surface area contributed by atoms with E-state index in [9.17, 15) is 18.0 Å². The Morgan fingerprint density at radius 2 is 1.93 bits per heavy atom. The molecule has 0 radical (unpaired) electrons. The predicted molar refractivity (Wildman–Crippen MR) is 97.1 cm³/mol. The van der Waals surface area contributed by atoms with Crippen molar-refractivity contribution in [1.29, 1.82) is 0 Å². The van der Waals surface area contributed by atoms with Crippen LogP contribution in [0.4, 0.5) is 0 Å². The van der Waals surface area contributed by atoms with Crippen LogP contribution in [0.1, 0.15) is 43.5 Å². The topological polar surface area (TPSA) is 99.2 Å². The Kier molecular flexibility index (Phi) is 6.83. The van der Waals surface area contributed by atoms with Crippen LogP contribution in [0, 0.1) is 0 Å². The molecule has 0 amide bonds. The summed E-state index contributed by atoms with van der Waals surface area (Å²) in [7, 11) is -1.30. The number of benzene rings is 1. The molecule has 1 saturated heterocycles. The number of hydrogen-bond acceptors (Lipinski definition) is 7. The van der Waals surface area contributed by atoms with Crippen LogP contribution >= 0.6 is 0 Å². The van der Waals surface area contributed by atoms with E-state index in [1.807, 2.05) is 6.92 Å². The third kappa shape index (κ3) is 4.59. The third-order valence-electron chi connectivity index (χ3n) is 4.54. The molecule has 0 N–H and O–H groups in total. The van der Waals surface area contributed by atoms with Gasteiger partial charge in [-0.1, -0.05) is 6.42 Å². The van der Waals surface area contributed by atoms with Crippen molar-refractivity contribution in [2.45, 2.75) is 50.2 Å². The number of nitrogens with zero attached hydrogens (tertiary/aromatic N) is 1. The number of piperidine rings is 1. The van der Waals surface area contributed by atoms with E-state index in [0.717, 1.165) is 19.3 Å². The number of sulfonamides is 1. The smallest absolute Gasteiger partial charge is 0.346 e. The third-order valence-corrected chi connectivity index (χ3v) is 6.58. The molecule has 2 atom stereocenters. The lowest BCUT2D eigenvalue weighted by Crippen LogP contribution is -2.42. The number of rotatable bonds is 6. The molecule has 1 heterocycles. The standard InChI is InChI=1S/C18H25NO7S/c1-12-7-5-6-10-19(12)27(22,23)16-11-14(8-9-15(16)24-3)18(21)26-13(2)17(20)25-4/h8-9,11-13H,5-7,10H2,1-4H3/t12-,13+/m1/s1. The summed E-state index contributed by atoms with van der Waals surface area (Å²) in [5.41, 5.74) is 0.00907. The Bertz CT molecular complexity index is 806. The maximum absolute atomic E-state index is 13.1. The lowest BCUT2D eigenvalue weighted by molar-refractivity contribution is -0.149. The van der Waals surface area contributed by atoms with Crippen molar-refractivity contribution in [2.24, 2.45) is 0 Å². The van der Waals surface area contributed by atoms with Crippen LogP contribution in [0.15, 0.2) is 23.1 Å². The van der Waals surface area contributed by atoms with E-state index in [1.54, 1.807) is 0 Å². The molecular weight excluding hydrogens is 374 g/mol. The molecule has 0 saturated carbocycles. The van der Waals surface area contributed by atoms with Gasteiger partial charge in [0.1, 0.15) is 10.6 Å². The van der Waals surface area contributed by atoms with Gasteiger partial charge in [-0.05, 0) is 44.9 Å². The highest BCUT2D eigenvalue weighted by Crippen LogP contribution is 2.31. The molecule has 0 bridgehead atoms. The number of carbonyl (C=O) groups is 2. The average molecular weight is 399 g/mol. The van der Waals surface area contributed by atoms with Gasteiger partial charge in [0.2, 0.25) is 10.0 Å². The largest absolute Gasteiger partial charge is 0.495 e. The van der Waals surface area contributed by atoms with Crippen molar-refractivity contribution in [3.05, 3.63) is 23.8 Å². The first kappa shape index (κ1) is 21.2. The van der Waals surface area contributed by atoms with Gasteiger partial charge in [0.05, 0.1) is 19.8 Å². The van der Waals surface area contributed by atoms with Gasteiger partial charge < -0.3 is 14.2 Å². The molecule has 27 heavy (non-hydrogen) atoms. The molecule has 1 fully saturated rings. The zero-order valence-corrected chi connectivity index (χ0v) is 16.7. The average Bonchev–Trinajstić information content (AvgIpc) is 2.66. The van der Waals surface area contributed by atoms with Crippen molar-refractivity contribution in [1.82, 2.24) is 4.31 Å². The summed E-state index contributed by atoms with van der Waals surface area (Å²) >= 11 is 0. The van der Waals surface area contributed by atoms with Crippen LogP contribution in [0.3, 0.4) is 0 Å². The van der Waals surface area contributed by atoms with Gasteiger partial charge in [-0.3, -0.25) is 0 Å². The highest BCUT2D eigenvalue weighted by atomic mass is 32.2. The van der Waals surface area contributed by atoms with Crippen LogP contribution in [0.5, 0.6) is 5.75 Å². The maximum Gasteiger partial charge on any atom is 0.346 e. The Balaban J connectivity index is 2.37. The van der Waals surface area contributed by atoms with Gasteiger partial charge >= 0.3 is 11.9 Å². The molecule has 1 aliphatic heterocycles. The molecule has 150 valence electrons. The summed E-state index contributed by atoms with van der Waals surface area (Å²) in [4.78, 5) is 23.6. The number of carbonyl (C=O) groups excluding carboxylic acids is 2. The van der Waals surface area contributed by atoms with Crippen LogP contribution in [-0.2, 0) is 24.3 Å². The van der Waals surface area contributed by atoms with E-state index >= 15 is 0 Å². The monoisotopic (exact) mass is 399 g/mol. The van der Waals surface area contributed by atoms with Crippen molar-refractivity contribution in [3.8, 4) is 5.75 Å². The number of hydrogen-bond donors (Lipinski definition) is 0. The van der Waals surface area contributed by atoms with E-state index < -0.39 is 28.1 Å². The minimum absolute atomic E-state index is 0.00907. The van der Waals surface area contributed by atoms with Crippen LogP contribution in [0.2, 0.25) is 0 Å². The molecule has 8 nitrogen and oxygen atoms in total. The van der Waals surface area contributed by atoms with E-state index in [0.29, 0.717) is 6.54 Å². The highest BCUT2D eigenvalue weighted by molar-refractivity contribution is 7.89. The Labute approximate surface area is 159 Å². The van der Waals surface area contributed by atoms with Gasteiger partial charge in [0.15, 0.2) is 6.10 Å². The first-order valence-electron chi connectivity index (χ1n) is 8.71. The fourth-order valence-electron chi connectivity index (χ4n) is 3.00. The summed E-state index contributed by atoms with van der Waals surface area (Å²) in [6.07, 6.45) is 1.43. The molecule has 0 spiro atoms. The first-order chi connectivity index (χ1) is 12.7. The van der Waals surface area contributed by atoms with Crippen molar-refractivity contribution < 1.29 is 32.2 Å². The summed E-state index contributed by atoms with van der Waals surface area (Å²) < 4.78 is 42.5. The van der Waals surface area contributed by atoms with E-state index in [4.69, 9.17) is 9.47 Å². The fourth-order valence-corrected chi connectivity index (χ4v) is 4.89. The van der Waals surface area contributed by atoms with E-state index in [-0.39, 0.29) is 22.3 Å². The quantitative estimate of drug-likeness (QED) is 0.674. The van der Waals surface area contributed by atoms with Gasteiger partial charge in [-0.15, -0.1) is 0 Å². The lowest BCUT2D eigenvalue weighted by Gasteiger charge is -2.32. The fraction of sp³-hybridized carbons (Fsp3) is 0.556. The molecule has 9 heteroatoms. The van der Waals surface area contributed by atoms with E-state index in [2.05, 4.69) is 4.74 Å². The van der Waals surface area contributed by atoms with Crippen LogP contribution in [-0.4, -0.2) is 57.6 Å². The predicted octanol–water partition coefficient (Wildman–Crippen LogP) is 1.98. The summed E-state index contributed by atoms with van der Waals surface area (Å²) in [5.74, 6) is -1.38. The summed E-state index contributed by atoms with van der Waals surface area (Å²) in [5, 5.41) is 0. The molecule has 2 rings (SSSR count). The number of methoxy groups -OCH3 is 2. The molecule has 1 aromatic rings. The van der Waals surface area contributed by atoms with E-state index in [1.165, 1.54) is 43.6 Å². The maximum atomic E-state index is 13.1. The molecule has 1 aromatic carbocycles. The van der Waals surface area contributed by atoms with Crippen molar-refractivity contribution in [2.75, 3.05) is 20.8 Å². The minimum atomic E-state index is -3.85. The summed E-state index contributed by atoms with van der Waals surface area (Å²) in [6.45, 7) is 3.65. The first-order valence-corrected chi connectivity index (χ1v) is 10.1. The minimum Gasteiger partial charge on any atom is -0.495 e. The molecule has 0 aliphatic carbocycles. The second-order valence-electron chi connectivity index (χ2n) is 6.40.